The van der Waals surface area contributed by atoms with E-state index >= 15 is 0 Å². The molecular weight excluding hydrogens is 364 g/mol. The Bertz CT molecular complexity index is 956. The summed E-state index contributed by atoms with van der Waals surface area (Å²) in [6.07, 6.45) is 0. The molecule has 0 atom stereocenters. The molecule has 0 unspecified atom stereocenters. The average Bonchev–Trinajstić information content (AvgIpc) is 2.72. The van der Waals surface area contributed by atoms with Gasteiger partial charge in [-0.25, -0.2) is 9.97 Å². The van der Waals surface area contributed by atoms with Crippen LogP contribution in [0.25, 0.3) is 0 Å². The highest BCUT2D eigenvalue weighted by Crippen LogP contribution is 2.20. The van der Waals surface area contributed by atoms with Gasteiger partial charge in [0.05, 0.1) is 7.11 Å². The van der Waals surface area contributed by atoms with Crippen molar-refractivity contribution in [3.05, 3.63) is 77.7 Å². The number of ether oxygens (including phenoxy) is 1. The summed E-state index contributed by atoms with van der Waals surface area (Å²) in [4.78, 5) is 23.8. The molecular formula is C23H26N4O2. The first-order valence-electron chi connectivity index (χ1n) is 9.58. The van der Waals surface area contributed by atoms with Gasteiger partial charge < -0.3 is 15.0 Å². The fraction of sp³-hybridized carbons (Fsp3) is 0.261. The minimum atomic E-state index is -0.118. The molecule has 1 heterocycles. The van der Waals surface area contributed by atoms with Crippen LogP contribution in [-0.2, 0) is 6.54 Å². The van der Waals surface area contributed by atoms with Gasteiger partial charge in [0.1, 0.15) is 23.1 Å². The minimum Gasteiger partial charge on any atom is -0.497 e. The SMILES string of the molecule is COc1ccc(Nc2cc(C(=O)N(Cc3ccccc3)C(C)C)nc(C)n2)cc1. The van der Waals surface area contributed by atoms with Crippen LogP contribution in [0.5, 0.6) is 5.75 Å². The van der Waals surface area contributed by atoms with Gasteiger partial charge in [-0.05, 0) is 50.6 Å². The van der Waals surface area contributed by atoms with Crippen LogP contribution in [0.15, 0.2) is 60.7 Å². The number of methoxy groups -OCH3 is 1. The van der Waals surface area contributed by atoms with E-state index in [-0.39, 0.29) is 11.9 Å². The number of nitrogens with zero attached hydrogens (tertiary/aromatic N) is 3. The van der Waals surface area contributed by atoms with Crippen LogP contribution in [0.3, 0.4) is 0 Å². The average molecular weight is 390 g/mol. The Morgan fingerprint density at radius 3 is 2.38 bits per heavy atom. The highest BCUT2D eigenvalue weighted by Gasteiger charge is 2.21. The van der Waals surface area contributed by atoms with Crippen LogP contribution in [0, 0.1) is 6.92 Å². The number of rotatable bonds is 7. The van der Waals surface area contributed by atoms with Crippen molar-refractivity contribution in [2.75, 3.05) is 12.4 Å². The third kappa shape index (κ3) is 5.31. The minimum absolute atomic E-state index is 0.0379. The van der Waals surface area contributed by atoms with Crippen LogP contribution in [0.2, 0.25) is 0 Å². The molecule has 0 aliphatic carbocycles. The Morgan fingerprint density at radius 2 is 1.76 bits per heavy atom. The standard InChI is InChI=1S/C23H26N4O2/c1-16(2)27(15-18-8-6-5-7-9-18)23(28)21-14-22(25-17(3)24-21)26-19-10-12-20(29-4)13-11-19/h5-14,16H,15H2,1-4H3,(H,24,25,26). The summed E-state index contributed by atoms with van der Waals surface area (Å²) in [6.45, 7) is 6.32. The van der Waals surface area contributed by atoms with Crippen LogP contribution < -0.4 is 10.1 Å². The van der Waals surface area contributed by atoms with E-state index in [0.29, 0.717) is 23.9 Å². The highest BCUT2D eigenvalue weighted by molar-refractivity contribution is 5.93. The fourth-order valence-electron chi connectivity index (χ4n) is 2.98. The molecule has 1 aromatic heterocycles. The number of benzene rings is 2. The zero-order chi connectivity index (χ0) is 20.8. The molecule has 1 N–H and O–H groups in total. The van der Waals surface area contributed by atoms with Gasteiger partial charge >= 0.3 is 0 Å². The number of anilines is 2. The molecule has 0 bridgehead atoms. The van der Waals surface area contributed by atoms with Crippen molar-refractivity contribution in [1.82, 2.24) is 14.9 Å². The summed E-state index contributed by atoms with van der Waals surface area (Å²) < 4.78 is 5.18. The molecule has 29 heavy (non-hydrogen) atoms. The lowest BCUT2D eigenvalue weighted by Crippen LogP contribution is -2.37. The second-order valence-corrected chi connectivity index (χ2v) is 7.05. The second kappa shape index (κ2) is 9.19. The van der Waals surface area contributed by atoms with Gasteiger partial charge in [0.2, 0.25) is 0 Å². The molecule has 3 rings (SSSR count). The van der Waals surface area contributed by atoms with Gasteiger partial charge in [0.25, 0.3) is 5.91 Å². The van der Waals surface area contributed by atoms with E-state index in [2.05, 4.69) is 15.3 Å². The molecule has 0 saturated carbocycles. The Hall–Kier alpha value is -3.41. The molecule has 6 heteroatoms. The Balaban J connectivity index is 1.83. The molecule has 150 valence electrons. The third-order valence-corrected chi connectivity index (χ3v) is 4.50. The number of amides is 1. The van der Waals surface area contributed by atoms with Gasteiger partial charge in [-0.15, -0.1) is 0 Å². The molecule has 0 fully saturated rings. The number of hydrogen-bond donors (Lipinski definition) is 1. The molecule has 0 spiro atoms. The smallest absolute Gasteiger partial charge is 0.273 e. The molecule has 3 aromatic rings. The maximum absolute atomic E-state index is 13.2. The number of carbonyl (C=O) groups excluding carboxylic acids is 1. The molecule has 6 nitrogen and oxygen atoms in total. The maximum Gasteiger partial charge on any atom is 0.273 e. The van der Waals surface area contributed by atoms with Crippen LogP contribution in [-0.4, -0.2) is 33.9 Å². The third-order valence-electron chi connectivity index (χ3n) is 4.50. The van der Waals surface area contributed by atoms with Crippen LogP contribution >= 0.6 is 0 Å². The molecule has 0 aliphatic rings. The van der Waals surface area contributed by atoms with Crippen molar-refractivity contribution >= 4 is 17.4 Å². The summed E-state index contributed by atoms with van der Waals surface area (Å²) in [5, 5.41) is 3.23. The van der Waals surface area contributed by atoms with Gasteiger partial charge in [0, 0.05) is 24.3 Å². The topological polar surface area (TPSA) is 67.3 Å². The number of carbonyl (C=O) groups is 1. The van der Waals surface area contributed by atoms with Crippen molar-refractivity contribution in [2.24, 2.45) is 0 Å². The lowest BCUT2D eigenvalue weighted by molar-refractivity contribution is 0.0684. The van der Waals surface area contributed by atoms with E-state index < -0.39 is 0 Å². The highest BCUT2D eigenvalue weighted by atomic mass is 16.5. The van der Waals surface area contributed by atoms with Crippen LogP contribution in [0.4, 0.5) is 11.5 Å². The first-order chi connectivity index (χ1) is 14.0. The molecule has 2 aromatic carbocycles. The van der Waals surface area contributed by atoms with E-state index in [9.17, 15) is 4.79 Å². The van der Waals surface area contributed by atoms with Gasteiger partial charge in [-0.3, -0.25) is 4.79 Å². The monoisotopic (exact) mass is 390 g/mol. The fourth-order valence-corrected chi connectivity index (χ4v) is 2.98. The zero-order valence-corrected chi connectivity index (χ0v) is 17.2. The van der Waals surface area contributed by atoms with Crippen molar-refractivity contribution < 1.29 is 9.53 Å². The predicted molar refractivity (Wildman–Crippen MR) is 114 cm³/mol. The van der Waals surface area contributed by atoms with Gasteiger partial charge in [0.15, 0.2) is 0 Å². The van der Waals surface area contributed by atoms with Gasteiger partial charge in [-0.2, -0.15) is 0 Å². The maximum atomic E-state index is 13.2. The summed E-state index contributed by atoms with van der Waals surface area (Å²) >= 11 is 0. The molecule has 0 aliphatic heterocycles. The predicted octanol–water partition coefficient (Wildman–Crippen LogP) is 4.59. The van der Waals surface area contributed by atoms with Crippen molar-refractivity contribution in [3.63, 3.8) is 0 Å². The summed E-state index contributed by atoms with van der Waals surface area (Å²) in [5.41, 5.74) is 2.31. The van der Waals surface area contributed by atoms with Crippen molar-refractivity contribution in [3.8, 4) is 5.75 Å². The lowest BCUT2D eigenvalue weighted by atomic mass is 10.1. The zero-order valence-electron chi connectivity index (χ0n) is 17.2. The summed E-state index contributed by atoms with van der Waals surface area (Å²) in [5.74, 6) is 1.77. The van der Waals surface area contributed by atoms with E-state index in [4.69, 9.17) is 4.74 Å². The lowest BCUT2D eigenvalue weighted by Gasteiger charge is -2.26. The summed E-state index contributed by atoms with van der Waals surface area (Å²) in [6, 6.07) is 19.2. The molecule has 0 radical (unpaired) electrons. The van der Waals surface area contributed by atoms with E-state index in [1.54, 1.807) is 20.1 Å². The number of aryl methyl sites for hydroxylation is 1. The molecule has 1 amide bonds. The number of aromatic nitrogens is 2. The first kappa shape index (κ1) is 20.3. The molecule has 0 saturated heterocycles. The van der Waals surface area contributed by atoms with Crippen molar-refractivity contribution in [1.29, 1.82) is 0 Å². The van der Waals surface area contributed by atoms with Gasteiger partial charge in [-0.1, -0.05) is 30.3 Å². The normalized spacial score (nSPS) is 10.7. The Labute approximate surface area is 171 Å². The second-order valence-electron chi connectivity index (χ2n) is 7.05. The Kier molecular flexibility index (Phi) is 6.44. The number of hydrogen-bond acceptors (Lipinski definition) is 5. The number of nitrogens with one attached hydrogen (secondary N) is 1. The van der Waals surface area contributed by atoms with E-state index in [1.807, 2.05) is 73.3 Å². The first-order valence-corrected chi connectivity index (χ1v) is 9.58. The quantitative estimate of drug-likeness (QED) is 0.639. The van der Waals surface area contributed by atoms with Crippen molar-refractivity contribution in [2.45, 2.75) is 33.4 Å². The van der Waals surface area contributed by atoms with E-state index in [1.165, 1.54) is 0 Å². The Morgan fingerprint density at radius 1 is 1.07 bits per heavy atom. The largest absolute Gasteiger partial charge is 0.497 e. The van der Waals surface area contributed by atoms with E-state index in [0.717, 1.165) is 17.0 Å². The summed E-state index contributed by atoms with van der Waals surface area (Å²) in [7, 11) is 1.63. The van der Waals surface area contributed by atoms with Crippen LogP contribution in [0.1, 0.15) is 35.7 Å².